The Morgan fingerprint density at radius 1 is 0.630 bits per heavy atom. The van der Waals surface area contributed by atoms with E-state index >= 15 is 0 Å². The molecule has 0 aliphatic heterocycles. The topological polar surface area (TPSA) is 0 Å². The fraction of sp³-hybridized carbons (Fsp3) is 0.190. The number of fused-ring (bicyclic) bond motifs is 3. The zero-order chi connectivity index (χ0) is 33.2. The molecular weight excluding hydrogens is 695 g/mol. The van der Waals surface area contributed by atoms with Gasteiger partial charge in [-0.3, -0.25) is 0 Å². The van der Waals surface area contributed by atoms with Crippen molar-refractivity contribution in [2.75, 3.05) is 0 Å². The fourth-order valence-electron chi connectivity index (χ4n) is 5.94. The molecule has 0 unspecified atom stereocenters. The third-order valence-corrected chi connectivity index (χ3v) is 8.10. The van der Waals surface area contributed by atoms with Crippen LogP contribution in [0.4, 0.5) is 0 Å². The first-order valence-electron chi connectivity index (χ1n) is 15.7. The van der Waals surface area contributed by atoms with E-state index in [1.54, 1.807) is 0 Å². The number of benzene rings is 5. The molecule has 0 spiro atoms. The summed E-state index contributed by atoms with van der Waals surface area (Å²) < 4.78 is 0. The van der Waals surface area contributed by atoms with Gasteiger partial charge >= 0.3 is 37.9 Å². The molecule has 46 heavy (non-hydrogen) atoms. The van der Waals surface area contributed by atoms with E-state index in [0.29, 0.717) is 5.92 Å². The van der Waals surface area contributed by atoms with Gasteiger partial charge in [-0.15, -0.1) is 68.6 Å². The molecule has 0 heterocycles. The SMILES string of the molecule is CC(C)c1cc2c(-c3cccc4ccccc34)cccc2[cH-]1.C[Si]C.Cc1cccc(-c2ccc(C)c3[cH-]c(C)cc23)c1.[Cl][Zr+2][Cl]. The van der Waals surface area contributed by atoms with Gasteiger partial charge in [0.25, 0.3) is 0 Å². The summed E-state index contributed by atoms with van der Waals surface area (Å²) in [6.07, 6.45) is 0. The number of hydrogen-bond acceptors (Lipinski definition) is 0. The van der Waals surface area contributed by atoms with Crippen molar-refractivity contribution in [1.29, 1.82) is 0 Å². The molecule has 7 aromatic carbocycles. The Balaban J connectivity index is 0.000000181. The molecule has 2 radical (unpaired) electrons. The number of halogens is 2. The molecule has 0 amide bonds. The van der Waals surface area contributed by atoms with Crippen molar-refractivity contribution in [2.45, 2.75) is 53.6 Å². The summed E-state index contributed by atoms with van der Waals surface area (Å²) >= 11 is -0.826. The molecule has 0 atom stereocenters. The van der Waals surface area contributed by atoms with Gasteiger partial charge in [0.2, 0.25) is 0 Å². The Morgan fingerprint density at radius 2 is 1.26 bits per heavy atom. The molecule has 7 rings (SSSR count). The van der Waals surface area contributed by atoms with Gasteiger partial charge in [0, 0.05) is 9.52 Å². The Morgan fingerprint density at radius 3 is 1.96 bits per heavy atom. The summed E-state index contributed by atoms with van der Waals surface area (Å²) in [5, 5.41) is 8.08. The van der Waals surface area contributed by atoms with E-state index in [-0.39, 0.29) is 0 Å². The first kappa shape index (κ1) is 36.1. The van der Waals surface area contributed by atoms with E-state index in [9.17, 15) is 0 Å². The average Bonchev–Trinajstić information content (AvgIpc) is 3.67. The van der Waals surface area contributed by atoms with Crippen molar-refractivity contribution in [2.24, 2.45) is 0 Å². The van der Waals surface area contributed by atoms with Crippen LogP contribution in [0.2, 0.25) is 13.1 Å². The monoisotopic (exact) mass is 734 g/mol. The van der Waals surface area contributed by atoms with Gasteiger partial charge in [0.05, 0.1) is 0 Å². The molecule has 0 saturated carbocycles. The van der Waals surface area contributed by atoms with Gasteiger partial charge in [-0.2, -0.15) is 12.1 Å². The minimum atomic E-state index is -0.826. The summed E-state index contributed by atoms with van der Waals surface area (Å²) in [6.45, 7) is 15.3. The predicted molar refractivity (Wildman–Crippen MR) is 205 cm³/mol. The van der Waals surface area contributed by atoms with E-state index in [0.717, 1.165) is 9.52 Å². The van der Waals surface area contributed by atoms with E-state index in [1.165, 1.54) is 76.8 Å². The van der Waals surface area contributed by atoms with Crippen LogP contribution in [0, 0.1) is 20.8 Å². The molecular formula is C42H42Cl2SiZr. The first-order valence-corrected chi connectivity index (χ1v) is 24.0. The quantitative estimate of drug-likeness (QED) is 0.125. The molecule has 0 N–H and O–H groups in total. The normalized spacial score (nSPS) is 10.5. The summed E-state index contributed by atoms with van der Waals surface area (Å²) in [5.74, 6) is 0.563. The number of aryl methyl sites for hydroxylation is 3. The van der Waals surface area contributed by atoms with E-state index < -0.39 is 20.8 Å². The van der Waals surface area contributed by atoms with Crippen LogP contribution in [0.5, 0.6) is 0 Å². The molecule has 0 aromatic heterocycles. The van der Waals surface area contributed by atoms with Crippen molar-refractivity contribution in [3.8, 4) is 22.3 Å². The zero-order valence-electron chi connectivity index (χ0n) is 27.9. The van der Waals surface area contributed by atoms with Crippen LogP contribution in [0.3, 0.4) is 0 Å². The molecule has 7 aromatic rings. The van der Waals surface area contributed by atoms with Crippen LogP contribution >= 0.6 is 17.0 Å². The van der Waals surface area contributed by atoms with Crippen LogP contribution in [0.15, 0.2) is 121 Å². The van der Waals surface area contributed by atoms with E-state index in [2.05, 4.69) is 169 Å². The minimum absolute atomic E-state index is 0.563. The molecule has 4 heteroatoms. The van der Waals surface area contributed by atoms with Crippen molar-refractivity contribution in [3.05, 3.63) is 144 Å². The standard InChI is InChI=1S/C22H19.C18H17.C2H6Si.2ClH.Zr/c1-15(2)18-13-17-9-6-12-21(22(17)14-18)20-11-5-8-16-7-3-4-10-19(16)20;1-12-5-4-6-15(9-12)16-8-7-14(3)17-10-13(2)11-18(16)17;1-3-2;;;/h3-15H,1-2H3;4-11H,1-3H3;1-2H3;2*1H;/q2*-1;;;;+4/p-2. The van der Waals surface area contributed by atoms with Crippen molar-refractivity contribution < 1.29 is 20.8 Å². The number of rotatable bonds is 3. The maximum absolute atomic E-state index is 4.93. The summed E-state index contributed by atoms with van der Waals surface area (Å²) in [6, 6.07) is 44.3. The van der Waals surface area contributed by atoms with Crippen LogP contribution in [0.25, 0.3) is 54.6 Å². The van der Waals surface area contributed by atoms with Gasteiger partial charge in [0.15, 0.2) is 0 Å². The van der Waals surface area contributed by atoms with Crippen molar-refractivity contribution in [1.82, 2.24) is 0 Å². The molecule has 0 bridgehead atoms. The van der Waals surface area contributed by atoms with Crippen molar-refractivity contribution in [3.63, 3.8) is 0 Å². The summed E-state index contributed by atoms with van der Waals surface area (Å²) in [5.41, 5.74) is 10.7. The Labute approximate surface area is 297 Å². The second kappa shape index (κ2) is 17.4. The zero-order valence-corrected chi connectivity index (χ0v) is 32.9. The molecule has 0 nitrogen and oxygen atoms in total. The molecule has 0 aliphatic rings. The summed E-state index contributed by atoms with van der Waals surface area (Å²) in [7, 11) is 11.0. The third kappa shape index (κ3) is 8.78. The molecule has 0 fully saturated rings. The fourth-order valence-corrected chi connectivity index (χ4v) is 5.94. The van der Waals surface area contributed by atoms with Crippen LogP contribution in [-0.2, 0) is 20.8 Å². The molecule has 232 valence electrons. The van der Waals surface area contributed by atoms with E-state index in [4.69, 9.17) is 17.0 Å². The van der Waals surface area contributed by atoms with Crippen LogP contribution in [-0.4, -0.2) is 9.52 Å². The average molecular weight is 737 g/mol. The van der Waals surface area contributed by atoms with Gasteiger partial charge < -0.3 is 0 Å². The third-order valence-electron chi connectivity index (χ3n) is 8.10. The number of hydrogen-bond donors (Lipinski definition) is 0. The van der Waals surface area contributed by atoms with Gasteiger partial charge in [0.1, 0.15) is 0 Å². The molecule has 0 aliphatic carbocycles. The summed E-state index contributed by atoms with van der Waals surface area (Å²) in [4.78, 5) is 0. The first-order chi connectivity index (χ1) is 22.2. The Kier molecular flexibility index (Phi) is 13.7. The second-order valence-electron chi connectivity index (χ2n) is 12.0. The van der Waals surface area contributed by atoms with Crippen LogP contribution < -0.4 is 0 Å². The van der Waals surface area contributed by atoms with Crippen molar-refractivity contribution >= 4 is 58.9 Å². The van der Waals surface area contributed by atoms with Gasteiger partial charge in [-0.25, -0.2) is 0 Å². The molecule has 0 saturated heterocycles. The van der Waals surface area contributed by atoms with E-state index in [1.807, 2.05) is 0 Å². The Hall–Kier alpha value is -2.74. The maximum atomic E-state index is 4.93. The van der Waals surface area contributed by atoms with Crippen LogP contribution in [0.1, 0.15) is 42.0 Å². The second-order valence-corrected chi connectivity index (χ2v) is 16.7. The predicted octanol–water partition coefficient (Wildman–Crippen LogP) is 13.8. The van der Waals surface area contributed by atoms with Gasteiger partial charge in [-0.05, 0) is 34.7 Å². The van der Waals surface area contributed by atoms with Gasteiger partial charge in [-0.1, -0.05) is 136 Å². The Bertz CT molecular complexity index is 2010.